The molecule has 1 aliphatic heterocycles. The summed E-state index contributed by atoms with van der Waals surface area (Å²) in [6.45, 7) is 3.54. The normalized spacial score (nSPS) is 22.7. The molecule has 15 heavy (non-hydrogen) atoms. The van der Waals surface area contributed by atoms with Gasteiger partial charge in [-0.2, -0.15) is 0 Å². The standard InChI is InChI=1S/C11H22N2O2/c1-3-5-10(12)11(14)13(2)8-9-6-4-7-15-9/h9-10H,3-8,12H2,1-2H3/t9?,10-/m0/s1. The van der Waals surface area contributed by atoms with Gasteiger partial charge in [0.05, 0.1) is 12.1 Å². The quantitative estimate of drug-likeness (QED) is 0.735. The van der Waals surface area contributed by atoms with Gasteiger partial charge in [-0.3, -0.25) is 4.79 Å². The van der Waals surface area contributed by atoms with Gasteiger partial charge in [-0.05, 0) is 19.3 Å². The van der Waals surface area contributed by atoms with Crippen LogP contribution in [0.15, 0.2) is 0 Å². The maximum Gasteiger partial charge on any atom is 0.239 e. The predicted molar refractivity (Wildman–Crippen MR) is 59.5 cm³/mol. The van der Waals surface area contributed by atoms with Crippen LogP contribution in [0.2, 0.25) is 0 Å². The highest BCUT2D eigenvalue weighted by Gasteiger charge is 2.22. The number of rotatable bonds is 5. The summed E-state index contributed by atoms with van der Waals surface area (Å²) >= 11 is 0. The Kier molecular flexibility index (Phi) is 5.05. The van der Waals surface area contributed by atoms with Crippen molar-refractivity contribution in [1.29, 1.82) is 0 Å². The van der Waals surface area contributed by atoms with Gasteiger partial charge < -0.3 is 15.4 Å². The summed E-state index contributed by atoms with van der Waals surface area (Å²) in [7, 11) is 1.81. The maximum absolute atomic E-state index is 11.8. The van der Waals surface area contributed by atoms with Crippen molar-refractivity contribution in [2.45, 2.75) is 44.8 Å². The molecule has 1 saturated heterocycles. The van der Waals surface area contributed by atoms with E-state index < -0.39 is 0 Å². The van der Waals surface area contributed by atoms with E-state index in [2.05, 4.69) is 0 Å². The first-order chi connectivity index (χ1) is 7.15. The van der Waals surface area contributed by atoms with E-state index in [1.165, 1.54) is 0 Å². The lowest BCUT2D eigenvalue weighted by Crippen LogP contribution is -2.44. The first-order valence-corrected chi connectivity index (χ1v) is 5.77. The molecule has 1 unspecified atom stereocenters. The highest BCUT2D eigenvalue weighted by Crippen LogP contribution is 2.13. The molecule has 0 aliphatic carbocycles. The minimum atomic E-state index is -0.346. The van der Waals surface area contributed by atoms with Gasteiger partial charge in [0.25, 0.3) is 0 Å². The van der Waals surface area contributed by atoms with Gasteiger partial charge >= 0.3 is 0 Å². The predicted octanol–water partition coefficient (Wildman–Crippen LogP) is 0.751. The summed E-state index contributed by atoms with van der Waals surface area (Å²) in [4.78, 5) is 13.5. The molecule has 0 radical (unpaired) electrons. The number of ether oxygens (including phenoxy) is 1. The molecule has 88 valence electrons. The van der Waals surface area contributed by atoms with E-state index >= 15 is 0 Å². The number of hydrogen-bond acceptors (Lipinski definition) is 3. The van der Waals surface area contributed by atoms with Crippen molar-refractivity contribution in [2.24, 2.45) is 5.73 Å². The van der Waals surface area contributed by atoms with Crippen LogP contribution in [-0.2, 0) is 9.53 Å². The molecule has 0 aromatic rings. The van der Waals surface area contributed by atoms with E-state index in [1.54, 1.807) is 11.9 Å². The summed E-state index contributed by atoms with van der Waals surface area (Å²) in [6.07, 6.45) is 4.08. The van der Waals surface area contributed by atoms with Gasteiger partial charge in [-0.25, -0.2) is 0 Å². The number of amides is 1. The zero-order valence-corrected chi connectivity index (χ0v) is 9.74. The minimum absolute atomic E-state index is 0.0346. The lowest BCUT2D eigenvalue weighted by Gasteiger charge is -2.23. The highest BCUT2D eigenvalue weighted by molar-refractivity contribution is 5.81. The average Bonchev–Trinajstić information content (AvgIpc) is 2.69. The molecule has 0 spiro atoms. The molecule has 4 heteroatoms. The van der Waals surface area contributed by atoms with Crippen molar-refractivity contribution in [3.05, 3.63) is 0 Å². The van der Waals surface area contributed by atoms with Crippen LogP contribution >= 0.6 is 0 Å². The summed E-state index contributed by atoms with van der Waals surface area (Å²) in [5.41, 5.74) is 5.77. The molecule has 1 fully saturated rings. The van der Waals surface area contributed by atoms with Crippen LogP contribution in [0, 0.1) is 0 Å². The number of likely N-dealkylation sites (N-methyl/N-ethyl adjacent to an activating group) is 1. The zero-order valence-electron chi connectivity index (χ0n) is 9.74. The van der Waals surface area contributed by atoms with Crippen LogP contribution in [0.25, 0.3) is 0 Å². The van der Waals surface area contributed by atoms with Crippen molar-refractivity contribution in [3.8, 4) is 0 Å². The molecule has 2 N–H and O–H groups in total. The van der Waals surface area contributed by atoms with Gasteiger partial charge in [0.15, 0.2) is 0 Å². The van der Waals surface area contributed by atoms with Crippen LogP contribution in [0.1, 0.15) is 32.6 Å². The largest absolute Gasteiger partial charge is 0.376 e. The second-order valence-corrected chi connectivity index (χ2v) is 4.25. The van der Waals surface area contributed by atoms with Gasteiger partial charge in [0, 0.05) is 20.2 Å². The Hall–Kier alpha value is -0.610. The molecule has 0 aromatic carbocycles. The van der Waals surface area contributed by atoms with E-state index in [-0.39, 0.29) is 18.1 Å². The monoisotopic (exact) mass is 214 g/mol. The molecule has 1 heterocycles. The van der Waals surface area contributed by atoms with Crippen LogP contribution in [0.5, 0.6) is 0 Å². The molecule has 4 nitrogen and oxygen atoms in total. The van der Waals surface area contributed by atoms with E-state index in [0.717, 1.165) is 32.3 Å². The minimum Gasteiger partial charge on any atom is -0.376 e. The SMILES string of the molecule is CCC[C@H](N)C(=O)N(C)CC1CCCO1. The third kappa shape index (κ3) is 3.80. The molecule has 0 bridgehead atoms. The van der Waals surface area contributed by atoms with Gasteiger partial charge in [0.1, 0.15) is 0 Å². The zero-order chi connectivity index (χ0) is 11.3. The Balaban J connectivity index is 2.31. The number of carbonyl (C=O) groups excluding carboxylic acids is 1. The Labute approximate surface area is 91.8 Å². The van der Waals surface area contributed by atoms with E-state index in [9.17, 15) is 4.79 Å². The number of hydrogen-bond donors (Lipinski definition) is 1. The van der Waals surface area contributed by atoms with E-state index in [4.69, 9.17) is 10.5 Å². The van der Waals surface area contributed by atoms with Crippen molar-refractivity contribution in [2.75, 3.05) is 20.2 Å². The highest BCUT2D eigenvalue weighted by atomic mass is 16.5. The average molecular weight is 214 g/mol. The van der Waals surface area contributed by atoms with Gasteiger partial charge in [-0.15, -0.1) is 0 Å². The molecule has 1 rings (SSSR count). The van der Waals surface area contributed by atoms with Crippen molar-refractivity contribution in [1.82, 2.24) is 4.90 Å². The number of nitrogens with zero attached hydrogens (tertiary/aromatic N) is 1. The summed E-state index contributed by atoms with van der Waals surface area (Å²) in [5, 5.41) is 0. The van der Waals surface area contributed by atoms with Crippen LogP contribution in [0.3, 0.4) is 0 Å². The first kappa shape index (κ1) is 12.5. The fraction of sp³-hybridized carbons (Fsp3) is 0.909. The lowest BCUT2D eigenvalue weighted by atomic mass is 10.1. The van der Waals surface area contributed by atoms with Crippen molar-refractivity contribution >= 4 is 5.91 Å². The molecule has 0 aromatic heterocycles. The summed E-state index contributed by atoms with van der Waals surface area (Å²) < 4.78 is 5.48. The Morgan fingerprint density at radius 2 is 2.40 bits per heavy atom. The number of nitrogens with two attached hydrogens (primary N) is 1. The number of carbonyl (C=O) groups is 1. The fourth-order valence-corrected chi connectivity index (χ4v) is 1.90. The molecule has 0 saturated carbocycles. The lowest BCUT2D eigenvalue weighted by molar-refractivity contribution is -0.132. The van der Waals surface area contributed by atoms with Gasteiger partial charge in [-0.1, -0.05) is 13.3 Å². The summed E-state index contributed by atoms with van der Waals surface area (Å²) in [5.74, 6) is 0.0346. The second kappa shape index (κ2) is 6.08. The first-order valence-electron chi connectivity index (χ1n) is 5.77. The van der Waals surface area contributed by atoms with Crippen LogP contribution in [0.4, 0.5) is 0 Å². The third-order valence-corrected chi connectivity index (χ3v) is 2.79. The second-order valence-electron chi connectivity index (χ2n) is 4.25. The molecule has 1 amide bonds. The van der Waals surface area contributed by atoms with E-state index in [1.807, 2.05) is 6.92 Å². The van der Waals surface area contributed by atoms with Crippen LogP contribution in [-0.4, -0.2) is 43.2 Å². The third-order valence-electron chi connectivity index (χ3n) is 2.79. The smallest absolute Gasteiger partial charge is 0.239 e. The molecule has 2 atom stereocenters. The van der Waals surface area contributed by atoms with Gasteiger partial charge in [0.2, 0.25) is 5.91 Å². The van der Waals surface area contributed by atoms with Crippen LogP contribution < -0.4 is 5.73 Å². The molecule has 1 aliphatic rings. The Morgan fingerprint density at radius 3 is 2.93 bits per heavy atom. The fourth-order valence-electron chi connectivity index (χ4n) is 1.90. The van der Waals surface area contributed by atoms with E-state index in [0.29, 0.717) is 6.54 Å². The molecular weight excluding hydrogens is 192 g/mol. The molecular formula is C11H22N2O2. The van der Waals surface area contributed by atoms with Crippen molar-refractivity contribution < 1.29 is 9.53 Å². The topological polar surface area (TPSA) is 55.6 Å². The van der Waals surface area contributed by atoms with Crippen molar-refractivity contribution in [3.63, 3.8) is 0 Å². The Bertz CT molecular complexity index is 203. The Morgan fingerprint density at radius 1 is 1.67 bits per heavy atom. The maximum atomic E-state index is 11.8. The summed E-state index contributed by atoms with van der Waals surface area (Å²) in [6, 6.07) is -0.346.